The lowest BCUT2D eigenvalue weighted by Gasteiger charge is -2.10. The molecule has 0 radical (unpaired) electrons. The minimum atomic E-state index is -0.691. The van der Waals surface area contributed by atoms with E-state index in [-0.39, 0.29) is 23.1 Å². The lowest BCUT2D eigenvalue weighted by Crippen LogP contribution is -2.23. The number of nitrogens with zero attached hydrogens (tertiary/aromatic N) is 2. The van der Waals surface area contributed by atoms with Gasteiger partial charge >= 0.3 is 0 Å². The fraction of sp³-hybridized carbons (Fsp3) is 0.130. The number of rotatable bonds is 6. The average Bonchev–Trinajstić information content (AvgIpc) is 2.78. The van der Waals surface area contributed by atoms with Gasteiger partial charge in [-0.05, 0) is 35.9 Å². The molecule has 0 aliphatic heterocycles. The van der Waals surface area contributed by atoms with E-state index in [0.29, 0.717) is 28.2 Å². The van der Waals surface area contributed by atoms with E-state index in [1.807, 2.05) is 0 Å². The van der Waals surface area contributed by atoms with Crippen LogP contribution in [0.2, 0.25) is 0 Å². The standard InChI is InChI=1S/C23H18F2N4O4/c1-32-20-10-16-19(9-17(20)23(31)29-33-2)27-21(28-22(16)30)5-12-3-4-18(26-11-12)13-6-14(24)8-15(25)7-13/h3-4,6-11H,5H2,1-2H3,(H,29,31)(H,27,28,30). The van der Waals surface area contributed by atoms with Crippen molar-refractivity contribution < 1.29 is 23.1 Å². The second kappa shape index (κ2) is 9.13. The van der Waals surface area contributed by atoms with Crippen molar-refractivity contribution in [3.63, 3.8) is 0 Å². The van der Waals surface area contributed by atoms with Crippen LogP contribution in [-0.4, -0.2) is 35.1 Å². The van der Waals surface area contributed by atoms with Gasteiger partial charge in [0.05, 0.1) is 36.4 Å². The number of fused-ring (bicyclic) bond motifs is 1. The maximum Gasteiger partial charge on any atom is 0.278 e. The molecule has 0 saturated heterocycles. The number of methoxy groups -OCH3 is 1. The summed E-state index contributed by atoms with van der Waals surface area (Å²) >= 11 is 0. The average molecular weight is 452 g/mol. The molecule has 0 atom stereocenters. The largest absolute Gasteiger partial charge is 0.496 e. The second-order valence-electron chi connectivity index (χ2n) is 7.10. The van der Waals surface area contributed by atoms with Gasteiger partial charge in [0.15, 0.2) is 0 Å². The maximum atomic E-state index is 13.5. The monoisotopic (exact) mass is 452 g/mol. The Labute approximate surface area is 186 Å². The van der Waals surface area contributed by atoms with Crippen LogP contribution in [-0.2, 0) is 11.3 Å². The van der Waals surface area contributed by atoms with Crippen LogP contribution in [0.15, 0.2) is 53.5 Å². The molecular formula is C23H18F2N4O4. The summed E-state index contributed by atoms with van der Waals surface area (Å²) in [6, 6.07) is 9.41. The number of hydrogen-bond acceptors (Lipinski definition) is 6. The van der Waals surface area contributed by atoms with Crippen LogP contribution >= 0.6 is 0 Å². The summed E-state index contributed by atoms with van der Waals surface area (Å²) in [6.07, 6.45) is 1.77. The number of nitrogens with one attached hydrogen (secondary N) is 2. The minimum Gasteiger partial charge on any atom is -0.496 e. The van der Waals surface area contributed by atoms with Crippen molar-refractivity contribution in [1.29, 1.82) is 0 Å². The van der Waals surface area contributed by atoms with Gasteiger partial charge in [0.2, 0.25) is 0 Å². The van der Waals surface area contributed by atoms with Crippen molar-refractivity contribution in [2.45, 2.75) is 6.42 Å². The Morgan fingerprint density at radius 1 is 1.09 bits per heavy atom. The summed E-state index contributed by atoms with van der Waals surface area (Å²) in [4.78, 5) is 40.9. The first-order valence-electron chi connectivity index (χ1n) is 9.73. The van der Waals surface area contributed by atoms with Crippen LogP contribution in [0.4, 0.5) is 8.78 Å². The van der Waals surface area contributed by atoms with Crippen molar-refractivity contribution in [2.75, 3.05) is 14.2 Å². The number of carbonyl (C=O) groups is 1. The quantitative estimate of drug-likeness (QED) is 0.436. The minimum absolute atomic E-state index is 0.157. The molecular weight excluding hydrogens is 434 g/mol. The van der Waals surface area contributed by atoms with Gasteiger partial charge in [-0.2, -0.15) is 0 Å². The number of halogens is 2. The molecule has 0 bridgehead atoms. The number of H-pyrrole nitrogens is 1. The number of aromatic amines is 1. The Morgan fingerprint density at radius 3 is 2.48 bits per heavy atom. The number of aromatic nitrogens is 3. The Morgan fingerprint density at radius 2 is 1.85 bits per heavy atom. The van der Waals surface area contributed by atoms with Gasteiger partial charge in [-0.1, -0.05) is 6.07 Å². The molecule has 2 aromatic heterocycles. The smallest absolute Gasteiger partial charge is 0.278 e. The van der Waals surface area contributed by atoms with Crippen molar-refractivity contribution >= 4 is 16.8 Å². The normalized spacial score (nSPS) is 10.9. The first-order valence-corrected chi connectivity index (χ1v) is 9.73. The van der Waals surface area contributed by atoms with Crippen molar-refractivity contribution in [3.05, 3.63) is 87.6 Å². The summed E-state index contributed by atoms with van der Waals surface area (Å²) in [5, 5.41) is 0.256. The lowest BCUT2D eigenvalue weighted by molar-refractivity contribution is 0.0535. The van der Waals surface area contributed by atoms with Gasteiger partial charge in [0.1, 0.15) is 23.2 Å². The van der Waals surface area contributed by atoms with Crippen LogP contribution < -0.4 is 15.8 Å². The fourth-order valence-corrected chi connectivity index (χ4v) is 3.39. The van der Waals surface area contributed by atoms with E-state index in [2.05, 4.69) is 25.3 Å². The Bertz CT molecular complexity index is 1380. The van der Waals surface area contributed by atoms with E-state index in [1.54, 1.807) is 12.1 Å². The van der Waals surface area contributed by atoms with E-state index in [0.717, 1.165) is 6.07 Å². The van der Waals surface area contributed by atoms with Crippen LogP contribution in [0.5, 0.6) is 5.75 Å². The van der Waals surface area contributed by atoms with Gasteiger partial charge in [-0.3, -0.25) is 19.4 Å². The summed E-state index contributed by atoms with van der Waals surface area (Å²) < 4.78 is 32.1. The SMILES string of the molecule is CONC(=O)c1cc2nc(Cc3ccc(-c4cc(F)cc(F)c4)nc3)[nH]c(=O)c2cc1OC. The van der Waals surface area contributed by atoms with E-state index in [9.17, 15) is 18.4 Å². The van der Waals surface area contributed by atoms with Crippen molar-refractivity contribution in [3.8, 4) is 17.0 Å². The number of amides is 1. The molecule has 2 heterocycles. The van der Waals surface area contributed by atoms with Crippen molar-refractivity contribution in [2.24, 2.45) is 0 Å². The third-order valence-electron chi connectivity index (χ3n) is 4.87. The molecule has 0 unspecified atom stereocenters. The molecule has 0 spiro atoms. The third kappa shape index (κ3) is 4.70. The van der Waals surface area contributed by atoms with Gasteiger partial charge in [0, 0.05) is 24.2 Å². The van der Waals surface area contributed by atoms with Gasteiger partial charge in [-0.15, -0.1) is 0 Å². The molecule has 4 aromatic rings. The van der Waals surface area contributed by atoms with Crippen molar-refractivity contribution in [1.82, 2.24) is 20.4 Å². The Kier molecular flexibility index (Phi) is 6.09. The highest BCUT2D eigenvalue weighted by Gasteiger charge is 2.16. The van der Waals surface area contributed by atoms with Gasteiger partial charge in [0.25, 0.3) is 11.5 Å². The number of benzene rings is 2. The third-order valence-corrected chi connectivity index (χ3v) is 4.87. The lowest BCUT2D eigenvalue weighted by atomic mass is 10.1. The highest BCUT2D eigenvalue weighted by Crippen LogP contribution is 2.24. The number of hydroxylamine groups is 1. The van der Waals surface area contributed by atoms with Gasteiger partial charge < -0.3 is 9.72 Å². The molecule has 2 aromatic carbocycles. The molecule has 168 valence electrons. The summed E-state index contributed by atoms with van der Waals surface area (Å²) in [7, 11) is 2.69. The van der Waals surface area contributed by atoms with E-state index in [1.165, 1.54) is 44.7 Å². The maximum absolute atomic E-state index is 13.5. The second-order valence-corrected chi connectivity index (χ2v) is 7.10. The molecule has 8 nitrogen and oxygen atoms in total. The van der Waals surface area contributed by atoms with E-state index >= 15 is 0 Å². The van der Waals surface area contributed by atoms with Crippen LogP contribution in [0, 0.1) is 11.6 Å². The van der Waals surface area contributed by atoms with E-state index in [4.69, 9.17) is 4.74 Å². The van der Waals surface area contributed by atoms with Crippen LogP contribution in [0.1, 0.15) is 21.7 Å². The molecule has 0 aliphatic rings. The predicted octanol–water partition coefficient (Wildman–Crippen LogP) is 3.15. The summed E-state index contributed by atoms with van der Waals surface area (Å²) in [6.45, 7) is 0. The zero-order valence-electron chi connectivity index (χ0n) is 17.6. The molecule has 0 fully saturated rings. The topological polar surface area (TPSA) is 106 Å². The Balaban J connectivity index is 1.66. The molecule has 33 heavy (non-hydrogen) atoms. The zero-order chi connectivity index (χ0) is 23.5. The Hall–Kier alpha value is -4.18. The predicted molar refractivity (Wildman–Crippen MR) is 116 cm³/mol. The molecule has 2 N–H and O–H groups in total. The highest BCUT2D eigenvalue weighted by atomic mass is 19.1. The van der Waals surface area contributed by atoms with E-state index < -0.39 is 23.1 Å². The van der Waals surface area contributed by atoms with Gasteiger partial charge in [-0.25, -0.2) is 19.2 Å². The number of carbonyl (C=O) groups excluding carboxylic acids is 1. The molecule has 0 saturated carbocycles. The molecule has 4 rings (SSSR count). The highest BCUT2D eigenvalue weighted by molar-refractivity contribution is 6.00. The first-order chi connectivity index (χ1) is 15.9. The number of hydrogen-bond donors (Lipinski definition) is 2. The summed E-state index contributed by atoms with van der Waals surface area (Å²) in [5.74, 6) is -1.38. The molecule has 0 aliphatic carbocycles. The zero-order valence-corrected chi connectivity index (χ0v) is 17.6. The first kappa shape index (κ1) is 22.0. The molecule has 10 heteroatoms. The number of pyridine rings is 1. The molecule has 1 amide bonds. The fourth-order valence-electron chi connectivity index (χ4n) is 3.39. The van der Waals surface area contributed by atoms with Crippen LogP contribution in [0.3, 0.4) is 0 Å². The van der Waals surface area contributed by atoms with Crippen LogP contribution in [0.25, 0.3) is 22.2 Å². The summed E-state index contributed by atoms with van der Waals surface area (Å²) in [5.41, 5.74) is 3.69. The number of ether oxygens (including phenoxy) is 1.